The maximum Gasteiger partial charge on any atom is 0.243 e. The summed E-state index contributed by atoms with van der Waals surface area (Å²) in [7, 11) is 0. The lowest BCUT2D eigenvalue weighted by Gasteiger charge is -2.12. The first-order valence-electron chi connectivity index (χ1n) is 5.86. The van der Waals surface area contributed by atoms with Gasteiger partial charge in [-0.1, -0.05) is 0 Å². The Morgan fingerprint density at radius 3 is 2.84 bits per heavy atom. The van der Waals surface area contributed by atoms with E-state index in [-0.39, 0.29) is 24.7 Å². The predicted octanol–water partition coefficient (Wildman–Crippen LogP) is 0.720. The topological polar surface area (TPSA) is 99.6 Å². The smallest absolute Gasteiger partial charge is 0.243 e. The highest BCUT2D eigenvalue weighted by Gasteiger charge is 2.08. The monoisotopic (exact) mass is 271 g/mol. The standard InChI is InChI=1S/C12H18FN3O3/c1-2-19-11-6-10(9(14)5-8(11)13)16-3-4-18-7-12(15)17/h5-6,16H,2-4,7,14H2,1H3,(H2,15,17). The van der Waals surface area contributed by atoms with Crippen molar-refractivity contribution in [3.05, 3.63) is 17.9 Å². The molecular weight excluding hydrogens is 253 g/mol. The number of hydrogen-bond donors (Lipinski definition) is 3. The van der Waals surface area contributed by atoms with Crippen molar-refractivity contribution in [1.29, 1.82) is 0 Å². The zero-order valence-electron chi connectivity index (χ0n) is 10.7. The molecule has 0 unspecified atom stereocenters. The zero-order valence-corrected chi connectivity index (χ0v) is 10.7. The van der Waals surface area contributed by atoms with Gasteiger partial charge in [0.2, 0.25) is 5.91 Å². The molecule has 0 spiro atoms. The summed E-state index contributed by atoms with van der Waals surface area (Å²) in [5.41, 5.74) is 11.4. The minimum absolute atomic E-state index is 0.134. The number of carbonyl (C=O) groups is 1. The van der Waals surface area contributed by atoms with Crippen LogP contribution in [0.5, 0.6) is 5.75 Å². The van der Waals surface area contributed by atoms with Crippen LogP contribution >= 0.6 is 0 Å². The molecule has 0 aromatic heterocycles. The molecule has 0 aliphatic rings. The van der Waals surface area contributed by atoms with Crippen LogP contribution in [0.15, 0.2) is 12.1 Å². The van der Waals surface area contributed by atoms with E-state index in [1.165, 1.54) is 12.1 Å². The van der Waals surface area contributed by atoms with E-state index in [2.05, 4.69) is 5.32 Å². The van der Waals surface area contributed by atoms with Gasteiger partial charge in [-0.15, -0.1) is 0 Å². The third kappa shape index (κ3) is 5.01. The minimum Gasteiger partial charge on any atom is -0.491 e. The fraction of sp³-hybridized carbons (Fsp3) is 0.417. The van der Waals surface area contributed by atoms with Crippen LogP contribution in [0.1, 0.15) is 6.92 Å². The Labute approximate surface area is 110 Å². The normalized spacial score (nSPS) is 10.2. The predicted molar refractivity (Wildman–Crippen MR) is 70.5 cm³/mol. The molecule has 5 N–H and O–H groups in total. The minimum atomic E-state index is -0.528. The first kappa shape index (κ1) is 15.0. The largest absolute Gasteiger partial charge is 0.491 e. The van der Waals surface area contributed by atoms with Gasteiger partial charge in [-0.25, -0.2) is 4.39 Å². The van der Waals surface area contributed by atoms with E-state index < -0.39 is 11.7 Å². The summed E-state index contributed by atoms with van der Waals surface area (Å²) in [4.78, 5) is 10.4. The van der Waals surface area contributed by atoms with Gasteiger partial charge in [0.05, 0.1) is 24.6 Å². The van der Waals surface area contributed by atoms with Crippen molar-refractivity contribution in [2.24, 2.45) is 5.73 Å². The van der Waals surface area contributed by atoms with Gasteiger partial charge in [0, 0.05) is 18.7 Å². The number of nitrogens with two attached hydrogens (primary N) is 2. The highest BCUT2D eigenvalue weighted by Crippen LogP contribution is 2.28. The van der Waals surface area contributed by atoms with E-state index in [0.717, 1.165) is 0 Å². The molecule has 0 atom stereocenters. The number of anilines is 2. The number of benzene rings is 1. The van der Waals surface area contributed by atoms with Crippen molar-refractivity contribution >= 4 is 17.3 Å². The first-order valence-corrected chi connectivity index (χ1v) is 5.86. The number of amides is 1. The number of primary amides is 1. The molecule has 7 heteroatoms. The third-order valence-corrected chi connectivity index (χ3v) is 2.21. The molecule has 1 aromatic carbocycles. The van der Waals surface area contributed by atoms with Crippen molar-refractivity contribution in [3.63, 3.8) is 0 Å². The molecule has 0 bridgehead atoms. The molecule has 1 rings (SSSR count). The van der Waals surface area contributed by atoms with Gasteiger partial charge in [0.15, 0.2) is 11.6 Å². The summed E-state index contributed by atoms with van der Waals surface area (Å²) in [6.45, 7) is 2.69. The maximum absolute atomic E-state index is 13.4. The summed E-state index contributed by atoms with van der Waals surface area (Å²) in [5, 5.41) is 2.96. The number of nitrogen functional groups attached to an aromatic ring is 1. The average Bonchev–Trinajstić information content (AvgIpc) is 2.33. The first-order chi connectivity index (χ1) is 9.04. The summed E-state index contributed by atoms with van der Waals surface area (Å²) in [6.07, 6.45) is 0. The molecule has 0 saturated heterocycles. The molecule has 1 amide bonds. The van der Waals surface area contributed by atoms with Crippen LogP contribution in [0, 0.1) is 5.82 Å². The second-order valence-corrected chi connectivity index (χ2v) is 3.75. The van der Waals surface area contributed by atoms with Crippen molar-refractivity contribution < 1.29 is 18.7 Å². The second-order valence-electron chi connectivity index (χ2n) is 3.75. The van der Waals surface area contributed by atoms with Crippen LogP contribution in [0.2, 0.25) is 0 Å². The van der Waals surface area contributed by atoms with Gasteiger partial charge in [-0.2, -0.15) is 0 Å². The fourth-order valence-corrected chi connectivity index (χ4v) is 1.42. The zero-order chi connectivity index (χ0) is 14.3. The lowest BCUT2D eigenvalue weighted by atomic mass is 10.2. The van der Waals surface area contributed by atoms with E-state index >= 15 is 0 Å². The molecule has 0 fully saturated rings. The SMILES string of the molecule is CCOc1cc(NCCOCC(N)=O)c(N)cc1F. The summed E-state index contributed by atoms with van der Waals surface area (Å²) in [5.74, 6) is -0.896. The molecule has 6 nitrogen and oxygen atoms in total. The second kappa shape index (κ2) is 7.42. The van der Waals surface area contributed by atoms with Crippen molar-refractivity contribution in [2.75, 3.05) is 37.4 Å². The van der Waals surface area contributed by atoms with Gasteiger partial charge in [-0.05, 0) is 6.92 Å². The van der Waals surface area contributed by atoms with Gasteiger partial charge >= 0.3 is 0 Å². The highest BCUT2D eigenvalue weighted by molar-refractivity contribution is 5.75. The van der Waals surface area contributed by atoms with Crippen LogP contribution in [0.4, 0.5) is 15.8 Å². The quantitative estimate of drug-likeness (QED) is 0.478. The lowest BCUT2D eigenvalue weighted by Crippen LogP contribution is -2.20. The Morgan fingerprint density at radius 1 is 1.47 bits per heavy atom. The molecule has 0 radical (unpaired) electrons. The number of nitrogens with one attached hydrogen (secondary N) is 1. The summed E-state index contributed by atoms with van der Waals surface area (Å²) in [6, 6.07) is 2.68. The third-order valence-electron chi connectivity index (χ3n) is 2.21. The van der Waals surface area contributed by atoms with Crippen LogP contribution in [-0.4, -0.2) is 32.3 Å². The molecule has 1 aromatic rings. The number of carbonyl (C=O) groups excluding carboxylic acids is 1. The lowest BCUT2D eigenvalue weighted by molar-refractivity contribution is -0.122. The molecule has 0 saturated carbocycles. The Kier molecular flexibility index (Phi) is 5.87. The molecule has 106 valence electrons. The average molecular weight is 271 g/mol. The Bertz CT molecular complexity index is 440. The van der Waals surface area contributed by atoms with E-state index in [9.17, 15) is 9.18 Å². The van der Waals surface area contributed by atoms with Crippen LogP contribution in [-0.2, 0) is 9.53 Å². The van der Waals surface area contributed by atoms with Crippen LogP contribution < -0.4 is 21.5 Å². The number of halogens is 1. The van der Waals surface area contributed by atoms with Crippen molar-refractivity contribution in [1.82, 2.24) is 0 Å². The van der Waals surface area contributed by atoms with Gasteiger partial charge in [0.25, 0.3) is 0 Å². The molecule has 0 heterocycles. The van der Waals surface area contributed by atoms with Crippen LogP contribution in [0.25, 0.3) is 0 Å². The molecule has 0 aliphatic carbocycles. The number of ether oxygens (including phenoxy) is 2. The Morgan fingerprint density at radius 2 is 2.21 bits per heavy atom. The van der Waals surface area contributed by atoms with E-state index in [4.69, 9.17) is 20.9 Å². The maximum atomic E-state index is 13.4. The van der Waals surface area contributed by atoms with Crippen molar-refractivity contribution in [2.45, 2.75) is 6.92 Å². The van der Waals surface area contributed by atoms with E-state index in [0.29, 0.717) is 18.8 Å². The summed E-state index contributed by atoms with van der Waals surface area (Å²) < 4.78 is 23.5. The summed E-state index contributed by atoms with van der Waals surface area (Å²) >= 11 is 0. The number of rotatable bonds is 8. The van der Waals surface area contributed by atoms with E-state index in [1.807, 2.05) is 0 Å². The van der Waals surface area contributed by atoms with Crippen LogP contribution in [0.3, 0.4) is 0 Å². The van der Waals surface area contributed by atoms with Gasteiger partial charge < -0.3 is 26.3 Å². The van der Waals surface area contributed by atoms with Gasteiger partial charge in [-0.3, -0.25) is 4.79 Å². The Hall–Kier alpha value is -2.02. The van der Waals surface area contributed by atoms with Gasteiger partial charge in [0.1, 0.15) is 6.61 Å². The van der Waals surface area contributed by atoms with Crippen molar-refractivity contribution in [3.8, 4) is 5.75 Å². The molecular formula is C12H18FN3O3. The Balaban J connectivity index is 2.52. The molecule has 19 heavy (non-hydrogen) atoms. The highest BCUT2D eigenvalue weighted by atomic mass is 19.1. The molecule has 0 aliphatic heterocycles. The van der Waals surface area contributed by atoms with E-state index in [1.54, 1.807) is 6.92 Å². The fourth-order valence-electron chi connectivity index (χ4n) is 1.42. The number of hydrogen-bond acceptors (Lipinski definition) is 5.